The Labute approximate surface area is 197 Å². The first-order chi connectivity index (χ1) is 16.0. The molecule has 0 radical (unpaired) electrons. The number of likely N-dealkylation sites (tertiary alicyclic amines) is 1. The molecule has 1 heterocycles. The summed E-state index contributed by atoms with van der Waals surface area (Å²) in [6, 6.07) is 15.5. The molecule has 2 amide bonds. The van der Waals surface area contributed by atoms with Gasteiger partial charge in [-0.25, -0.2) is 4.79 Å². The van der Waals surface area contributed by atoms with Gasteiger partial charge in [0.05, 0.1) is 23.5 Å². The van der Waals surface area contributed by atoms with Gasteiger partial charge in [-0.1, -0.05) is 37.1 Å². The molecule has 0 spiro atoms. The molecule has 4 rings (SSSR count). The molecule has 33 heavy (non-hydrogen) atoms. The maximum Gasteiger partial charge on any atom is 0.334 e. The molecule has 0 N–H and O–H groups in total. The largest absolute Gasteiger partial charge is 0.425 e. The fourth-order valence-electron chi connectivity index (χ4n) is 4.71. The van der Waals surface area contributed by atoms with Gasteiger partial charge in [0.25, 0.3) is 0 Å². The number of carbonyl (C=O) groups excluding carboxylic acids is 3. The smallest absolute Gasteiger partial charge is 0.334 e. The number of carbonyl (C=O) groups is 3. The van der Waals surface area contributed by atoms with Crippen molar-refractivity contribution in [2.75, 3.05) is 12.0 Å². The number of thioether (sulfide) groups is 1. The summed E-state index contributed by atoms with van der Waals surface area (Å²) in [4.78, 5) is 40.4. The summed E-state index contributed by atoms with van der Waals surface area (Å²) in [7, 11) is 0. The lowest BCUT2D eigenvalue weighted by Gasteiger charge is -2.25. The van der Waals surface area contributed by atoms with Gasteiger partial charge in [-0.15, -0.1) is 0 Å². The van der Waals surface area contributed by atoms with Crippen molar-refractivity contribution in [1.82, 2.24) is 4.90 Å². The molecule has 3 unspecified atom stereocenters. The SMILES string of the molecule is CSCCC(C(=O)Oc1ccc(-c2ccc(C#N)cc2)cc1)N1C(=O)C2CCCCC2C1=O. The van der Waals surface area contributed by atoms with Gasteiger partial charge in [-0.05, 0) is 66.7 Å². The van der Waals surface area contributed by atoms with Gasteiger partial charge in [0.15, 0.2) is 0 Å². The van der Waals surface area contributed by atoms with Crippen LogP contribution >= 0.6 is 11.8 Å². The third-order valence-corrected chi connectivity index (χ3v) is 7.12. The Morgan fingerprint density at radius 2 is 1.58 bits per heavy atom. The van der Waals surface area contributed by atoms with Crippen molar-refractivity contribution in [1.29, 1.82) is 5.26 Å². The molecule has 2 fully saturated rings. The number of ether oxygens (including phenoxy) is 1. The maximum absolute atomic E-state index is 13.1. The minimum absolute atomic E-state index is 0.219. The summed E-state index contributed by atoms with van der Waals surface area (Å²) in [6.45, 7) is 0. The van der Waals surface area contributed by atoms with Crippen molar-refractivity contribution in [2.24, 2.45) is 11.8 Å². The number of imide groups is 1. The molecule has 0 aromatic heterocycles. The molecule has 7 heteroatoms. The second kappa shape index (κ2) is 10.2. The number of esters is 1. The van der Waals surface area contributed by atoms with Gasteiger partial charge in [0, 0.05) is 0 Å². The van der Waals surface area contributed by atoms with E-state index in [0.29, 0.717) is 36.3 Å². The minimum atomic E-state index is -0.902. The zero-order valence-electron chi connectivity index (χ0n) is 18.5. The number of nitrogens with zero attached hydrogens (tertiary/aromatic N) is 2. The third kappa shape index (κ3) is 4.81. The van der Waals surface area contributed by atoms with Gasteiger partial charge < -0.3 is 4.74 Å². The lowest BCUT2D eigenvalue weighted by molar-refractivity contribution is -0.153. The standard InChI is InChI=1S/C26H26N2O4S/c1-33-15-14-23(28-24(29)21-4-2-3-5-22(21)25(28)30)26(31)32-20-12-10-19(11-13-20)18-8-6-17(16-27)7-9-18/h6-13,21-23H,2-5,14-15H2,1H3. The number of hydrogen-bond acceptors (Lipinski definition) is 6. The molecule has 1 saturated carbocycles. The van der Waals surface area contributed by atoms with Gasteiger partial charge in [-0.3, -0.25) is 14.5 Å². The van der Waals surface area contributed by atoms with Gasteiger partial charge in [-0.2, -0.15) is 17.0 Å². The normalized spacial score (nSPS) is 20.8. The Balaban J connectivity index is 1.50. The monoisotopic (exact) mass is 462 g/mol. The highest BCUT2D eigenvalue weighted by Crippen LogP contribution is 2.39. The predicted octanol–water partition coefficient (Wildman–Crippen LogP) is 4.43. The number of benzene rings is 2. The average molecular weight is 463 g/mol. The van der Waals surface area contributed by atoms with Gasteiger partial charge in [0.2, 0.25) is 11.8 Å². The van der Waals surface area contributed by atoms with E-state index in [-0.39, 0.29) is 23.7 Å². The lowest BCUT2D eigenvalue weighted by Crippen LogP contribution is -2.47. The molecule has 2 aliphatic rings. The summed E-state index contributed by atoms with van der Waals surface area (Å²) in [5.41, 5.74) is 2.46. The van der Waals surface area contributed by atoms with E-state index in [2.05, 4.69) is 6.07 Å². The van der Waals surface area contributed by atoms with E-state index in [1.807, 2.05) is 30.5 Å². The molecule has 1 saturated heterocycles. The number of hydrogen-bond donors (Lipinski definition) is 0. The van der Waals surface area contributed by atoms with Gasteiger partial charge in [0.1, 0.15) is 11.8 Å². The quantitative estimate of drug-likeness (QED) is 0.344. The van der Waals surface area contributed by atoms with Crippen LogP contribution in [0.4, 0.5) is 0 Å². The Morgan fingerprint density at radius 1 is 1.03 bits per heavy atom. The van der Waals surface area contributed by atoms with Crippen LogP contribution in [0, 0.1) is 23.2 Å². The Morgan fingerprint density at radius 3 is 2.09 bits per heavy atom. The summed E-state index contributed by atoms with van der Waals surface area (Å²) >= 11 is 1.57. The maximum atomic E-state index is 13.1. The fraction of sp³-hybridized carbons (Fsp3) is 0.385. The van der Waals surface area contributed by atoms with E-state index >= 15 is 0 Å². The van der Waals surface area contributed by atoms with Crippen molar-refractivity contribution in [3.05, 3.63) is 54.1 Å². The molecule has 2 aromatic rings. The third-order valence-electron chi connectivity index (χ3n) is 6.47. The van der Waals surface area contributed by atoms with E-state index < -0.39 is 12.0 Å². The van der Waals surface area contributed by atoms with E-state index in [1.54, 1.807) is 36.0 Å². The number of fused-ring (bicyclic) bond motifs is 1. The minimum Gasteiger partial charge on any atom is -0.425 e. The predicted molar refractivity (Wildman–Crippen MR) is 126 cm³/mol. The molecule has 1 aliphatic heterocycles. The van der Waals surface area contributed by atoms with E-state index in [9.17, 15) is 14.4 Å². The summed E-state index contributed by atoms with van der Waals surface area (Å²) in [5.74, 6) is -0.583. The second-order valence-corrected chi connectivity index (χ2v) is 9.46. The van der Waals surface area contributed by atoms with Gasteiger partial charge >= 0.3 is 5.97 Å². The first-order valence-electron chi connectivity index (χ1n) is 11.2. The highest BCUT2D eigenvalue weighted by molar-refractivity contribution is 7.98. The molecular formula is C26H26N2O4S. The molecular weight excluding hydrogens is 436 g/mol. The average Bonchev–Trinajstić information content (AvgIpc) is 3.10. The van der Waals surface area contributed by atoms with Crippen LogP contribution in [-0.2, 0) is 14.4 Å². The molecule has 2 aromatic carbocycles. The van der Waals surface area contributed by atoms with Crippen LogP contribution in [0.2, 0.25) is 0 Å². The zero-order chi connectivity index (χ0) is 23.4. The van der Waals surface area contributed by atoms with Crippen molar-refractivity contribution in [2.45, 2.75) is 38.1 Å². The number of rotatable bonds is 7. The van der Waals surface area contributed by atoms with Crippen LogP contribution in [0.25, 0.3) is 11.1 Å². The number of nitriles is 1. The van der Waals surface area contributed by atoms with Crippen LogP contribution in [0.3, 0.4) is 0 Å². The van der Waals surface area contributed by atoms with E-state index in [4.69, 9.17) is 10.00 Å². The highest BCUT2D eigenvalue weighted by Gasteiger charge is 2.52. The fourth-order valence-corrected chi connectivity index (χ4v) is 5.17. The van der Waals surface area contributed by atoms with Crippen molar-refractivity contribution in [3.8, 4) is 22.9 Å². The lowest BCUT2D eigenvalue weighted by atomic mass is 9.81. The molecule has 6 nitrogen and oxygen atoms in total. The molecule has 1 aliphatic carbocycles. The second-order valence-electron chi connectivity index (χ2n) is 8.48. The summed E-state index contributed by atoms with van der Waals surface area (Å²) < 4.78 is 5.63. The van der Waals surface area contributed by atoms with Crippen molar-refractivity contribution >= 4 is 29.5 Å². The van der Waals surface area contributed by atoms with E-state index in [0.717, 1.165) is 24.0 Å². The van der Waals surface area contributed by atoms with Crippen LogP contribution in [0.1, 0.15) is 37.7 Å². The Hall–Kier alpha value is -3.11. The summed E-state index contributed by atoms with van der Waals surface area (Å²) in [6.07, 6.45) is 5.62. The molecule has 170 valence electrons. The molecule has 0 bridgehead atoms. The summed E-state index contributed by atoms with van der Waals surface area (Å²) in [5, 5.41) is 8.94. The van der Waals surface area contributed by atoms with Crippen LogP contribution in [-0.4, -0.2) is 40.7 Å². The Bertz CT molecular complexity index is 1050. The van der Waals surface area contributed by atoms with Crippen molar-refractivity contribution < 1.29 is 19.1 Å². The van der Waals surface area contributed by atoms with Crippen LogP contribution in [0.5, 0.6) is 5.75 Å². The van der Waals surface area contributed by atoms with E-state index in [1.165, 1.54) is 4.90 Å². The number of amides is 2. The first-order valence-corrected chi connectivity index (χ1v) is 12.6. The van der Waals surface area contributed by atoms with Crippen LogP contribution < -0.4 is 4.74 Å². The van der Waals surface area contributed by atoms with Crippen molar-refractivity contribution in [3.63, 3.8) is 0 Å². The highest BCUT2D eigenvalue weighted by atomic mass is 32.2. The first kappa shape index (κ1) is 23.1. The molecule has 3 atom stereocenters. The Kier molecular flexibility index (Phi) is 7.14. The topological polar surface area (TPSA) is 87.5 Å². The zero-order valence-corrected chi connectivity index (χ0v) is 19.3. The van der Waals surface area contributed by atoms with Crippen LogP contribution in [0.15, 0.2) is 48.5 Å².